The Hall–Kier alpha value is -3.72. The zero-order chi connectivity index (χ0) is 27.8. The number of carbonyl (C=O) groups is 2. The molecule has 4 heterocycles. The minimum Gasteiger partial charge on any atom is -0.365 e. The number of hydrogen-bond donors (Lipinski definition) is 1. The van der Waals surface area contributed by atoms with E-state index in [0.717, 1.165) is 48.2 Å². The summed E-state index contributed by atoms with van der Waals surface area (Å²) in [6, 6.07) is 17.0. The number of imidazole rings is 1. The number of rotatable bonds is 9. The molecule has 40 heavy (non-hydrogen) atoms. The van der Waals surface area contributed by atoms with Gasteiger partial charge in [-0.1, -0.05) is 26.0 Å². The monoisotopic (exact) mass is 559 g/mol. The lowest BCUT2D eigenvalue weighted by Gasteiger charge is -2.35. The summed E-state index contributed by atoms with van der Waals surface area (Å²) in [5.41, 5.74) is 3.18. The number of piperazine rings is 1. The highest BCUT2D eigenvalue weighted by atomic mass is 32.1. The fourth-order valence-corrected chi connectivity index (χ4v) is 7.05. The second-order valence-corrected chi connectivity index (χ2v) is 11.8. The molecule has 0 saturated carbocycles. The molecule has 7 nitrogen and oxygen atoms in total. The van der Waals surface area contributed by atoms with Crippen LogP contribution in [0.3, 0.4) is 0 Å². The van der Waals surface area contributed by atoms with Crippen LogP contribution in [0.15, 0.2) is 60.0 Å². The van der Waals surface area contributed by atoms with Gasteiger partial charge < -0.3 is 19.7 Å². The lowest BCUT2D eigenvalue weighted by molar-refractivity contribution is -0.131. The number of nitrogens with one attached hydrogen (secondary N) is 1. The number of anilines is 1. The Kier molecular flexibility index (Phi) is 7.31. The van der Waals surface area contributed by atoms with E-state index in [1.807, 2.05) is 29.2 Å². The molecule has 0 radical (unpaired) electrons. The van der Waals surface area contributed by atoms with Gasteiger partial charge in [-0.15, -0.1) is 11.3 Å². The third-order valence-corrected chi connectivity index (χ3v) is 9.22. The van der Waals surface area contributed by atoms with Crippen LogP contribution in [0.2, 0.25) is 0 Å². The van der Waals surface area contributed by atoms with Crippen molar-refractivity contribution < 1.29 is 14.0 Å². The average molecular weight is 560 g/mol. The Morgan fingerprint density at radius 1 is 1.07 bits per heavy atom. The second-order valence-electron chi connectivity index (χ2n) is 10.7. The molecule has 2 aromatic carbocycles. The summed E-state index contributed by atoms with van der Waals surface area (Å²) in [5, 5.41) is 4.91. The van der Waals surface area contributed by atoms with Gasteiger partial charge in [-0.25, -0.2) is 9.37 Å². The highest BCUT2D eigenvalue weighted by Crippen LogP contribution is 2.35. The highest BCUT2D eigenvalue weighted by Gasteiger charge is 2.45. The van der Waals surface area contributed by atoms with Crippen molar-refractivity contribution in [2.45, 2.75) is 57.7 Å². The van der Waals surface area contributed by atoms with E-state index in [1.165, 1.54) is 10.9 Å². The summed E-state index contributed by atoms with van der Waals surface area (Å²) in [6.07, 6.45) is 3.62. The van der Waals surface area contributed by atoms with Gasteiger partial charge in [0, 0.05) is 47.7 Å². The Labute approximate surface area is 237 Å². The first kappa shape index (κ1) is 26.5. The van der Waals surface area contributed by atoms with Gasteiger partial charge in [-0.3, -0.25) is 9.59 Å². The minimum absolute atomic E-state index is 0.0497. The SMILES string of the molecule is CCC(CC)n1c(Cc2cccs2)nc2cc(C(=O)NCC(=O)N3CC4CC3CN4c3cccc(F)c3)ccc21. The molecule has 4 aromatic rings. The molecule has 2 amide bonds. The molecule has 2 aliphatic heterocycles. The van der Waals surface area contributed by atoms with Gasteiger partial charge in [-0.2, -0.15) is 0 Å². The van der Waals surface area contributed by atoms with E-state index in [2.05, 4.69) is 46.1 Å². The molecule has 9 heteroatoms. The van der Waals surface area contributed by atoms with Crippen LogP contribution < -0.4 is 10.2 Å². The van der Waals surface area contributed by atoms with Crippen LogP contribution in [-0.2, 0) is 11.2 Å². The normalized spacial score (nSPS) is 18.3. The first-order chi connectivity index (χ1) is 19.4. The number of carbonyl (C=O) groups excluding carboxylic acids is 2. The van der Waals surface area contributed by atoms with Crippen LogP contribution in [0, 0.1) is 5.82 Å². The quantitative estimate of drug-likeness (QED) is 0.298. The molecule has 0 aliphatic carbocycles. The molecule has 1 N–H and O–H groups in total. The Balaban J connectivity index is 1.12. The predicted octanol–water partition coefficient (Wildman–Crippen LogP) is 5.41. The van der Waals surface area contributed by atoms with Crippen molar-refractivity contribution in [1.29, 1.82) is 0 Å². The van der Waals surface area contributed by atoms with Crippen LogP contribution in [0.1, 0.15) is 60.2 Å². The predicted molar refractivity (Wildman–Crippen MR) is 156 cm³/mol. The number of fused-ring (bicyclic) bond motifs is 3. The maximum atomic E-state index is 13.7. The second kappa shape index (κ2) is 11.0. The lowest BCUT2D eigenvalue weighted by Crippen LogP contribution is -2.51. The average Bonchev–Trinajstić information content (AvgIpc) is 3.77. The van der Waals surface area contributed by atoms with Crippen molar-refractivity contribution in [2.24, 2.45) is 0 Å². The number of amides is 2. The topological polar surface area (TPSA) is 70.5 Å². The van der Waals surface area contributed by atoms with Crippen LogP contribution in [0.5, 0.6) is 0 Å². The summed E-state index contributed by atoms with van der Waals surface area (Å²) in [5.74, 6) is 0.389. The molecular weight excluding hydrogens is 525 g/mol. The summed E-state index contributed by atoms with van der Waals surface area (Å²) >= 11 is 1.72. The number of benzene rings is 2. The summed E-state index contributed by atoms with van der Waals surface area (Å²) in [7, 11) is 0. The molecule has 2 fully saturated rings. The van der Waals surface area contributed by atoms with Gasteiger partial charge in [0.05, 0.1) is 23.6 Å². The van der Waals surface area contributed by atoms with E-state index in [-0.39, 0.29) is 36.3 Å². The van der Waals surface area contributed by atoms with Crippen molar-refractivity contribution in [3.05, 3.63) is 82.1 Å². The smallest absolute Gasteiger partial charge is 0.251 e. The first-order valence-corrected chi connectivity index (χ1v) is 15.0. The van der Waals surface area contributed by atoms with Crippen molar-refractivity contribution in [3.63, 3.8) is 0 Å². The minimum atomic E-state index is -0.280. The molecule has 2 atom stereocenters. The van der Waals surface area contributed by atoms with E-state index in [1.54, 1.807) is 23.5 Å². The first-order valence-electron chi connectivity index (χ1n) is 14.1. The van der Waals surface area contributed by atoms with Crippen molar-refractivity contribution in [1.82, 2.24) is 19.8 Å². The van der Waals surface area contributed by atoms with Crippen LogP contribution >= 0.6 is 11.3 Å². The fourth-order valence-electron chi connectivity index (χ4n) is 6.35. The van der Waals surface area contributed by atoms with Gasteiger partial charge in [0.1, 0.15) is 11.6 Å². The van der Waals surface area contributed by atoms with Crippen LogP contribution in [0.4, 0.5) is 10.1 Å². The number of hydrogen-bond acceptors (Lipinski definition) is 5. The highest BCUT2D eigenvalue weighted by molar-refractivity contribution is 7.09. The van der Waals surface area contributed by atoms with Crippen molar-refractivity contribution >= 4 is 39.9 Å². The molecule has 2 aliphatic rings. The third kappa shape index (κ3) is 4.98. The van der Waals surface area contributed by atoms with Gasteiger partial charge in [0.2, 0.25) is 5.91 Å². The largest absolute Gasteiger partial charge is 0.365 e. The third-order valence-electron chi connectivity index (χ3n) is 8.35. The van der Waals surface area contributed by atoms with Crippen molar-refractivity contribution in [3.8, 4) is 0 Å². The van der Waals surface area contributed by atoms with Gasteiger partial charge >= 0.3 is 0 Å². The van der Waals surface area contributed by atoms with E-state index in [9.17, 15) is 14.0 Å². The van der Waals surface area contributed by atoms with E-state index < -0.39 is 0 Å². The fraction of sp³-hybridized carbons (Fsp3) is 0.387. The molecule has 2 saturated heterocycles. The standard InChI is InChI=1S/C31H34FN5O2S/c1-3-22(4-2)37-28-11-10-20(13-27(28)34-29(37)16-26-9-6-12-40-26)31(39)33-17-30(38)36-19-24-15-25(36)18-35(24)23-8-5-7-21(32)14-23/h5-14,22,24-25H,3-4,15-19H2,1-2H3,(H,33,39). The number of nitrogens with zero attached hydrogens (tertiary/aromatic N) is 4. The number of halogens is 1. The molecule has 6 rings (SSSR count). The summed E-state index contributed by atoms with van der Waals surface area (Å²) in [6.45, 7) is 5.60. The van der Waals surface area contributed by atoms with E-state index >= 15 is 0 Å². The molecule has 2 bridgehead atoms. The lowest BCUT2D eigenvalue weighted by atomic mass is 10.1. The maximum absolute atomic E-state index is 13.7. The summed E-state index contributed by atoms with van der Waals surface area (Å²) < 4.78 is 16.0. The number of likely N-dealkylation sites (tertiary alicyclic amines) is 1. The van der Waals surface area contributed by atoms with Crippen LogP contribution in [-0.4, -0.2) is 58.0 Å². The van der Waals surface area contributed by atoms with E-state index in [0.29, 0.717) is 24.7 Å². The number of aromatic nitrogens is 2. The Morgan fingerprint density at radius 3 is 2.62 bits per heavy atom. The Morgan fingerprint density at radius 2 is 1.93 bits per heavy atom. The molecule has 0 spiro atoms. The van der Waals surface area contributed by atoms with E-state index in [4.69, 9.17) is 4.98 Å². The van der Waals surface area contributed by atoms with Gasteiger partial charge in [0.25, 0.3) is 5.91 Å². The Bertz CT molecular complexity index is 1530. The molecular formula is C31H34FN5O2S. The van der Waals surface area contributed by atoms with Gasteiger partial charge in [0.15, 0.2) is 0 Å². The molecule has 2 aromatic heterocycles. The number of thiophene rings is 1. The zero-order valence-electron chi connectivity index (χ0n) is 22.8. The molecule has 2 unspecified atom stereocenters. The zero-order valence-corrected chi connectivity index (χ0v) is 23.7. The molecule has 208 valence electrons. The van der Waals surface area contributed by atoms with Crippen LogP contribution in [0.25, 0.3) is 11.0 Å². The summed E-state index contributed by atoms with van der Waals surface area (Å²) in [4.78, 5) is 36.4. The maximum Gasteiger partial charge on any atom is 0.251 e. The van der Waals surface area contributed by atoms with Crippen molar-refractivity contribution in [2.75, 3.05) is 24.5 Å². The van der Waals surface area contributed by atoms with Gasteiger partial charge in [-0.05, 0) is 67.1 Å².